The number of amides is 2. The van der Waals surface area contributed by atoms with Crippen LogP contribution in [0.25, 0.3) is 0 Å². The molecule has 2 amide bonds. The molecule has 0 aliphatic carbocycles. The Morgan fingerprint density at radius 1 is 1.29 bits per heavy atom. The minimum absolute atomic E-state index is 0.0699. The van der Waals surface area contributed by atoms with E-state index in [0.29, 0.717) is 44.0 Å². The summed E-state index contributed by atoms with van der Waals surface area (Å²) in [6, 6.07) is 3.27. The van der Waals surface area contributed by atoms with Crippen molar-refractivity contribution in [2.75, 3.05) is 24.5 Å². The van der Waals surface area contributed by atoms with Gasteiger partial charge in [-0.15, -0.1) is 10.2 Å². The highest BCUT2D eigenvalue weighted by molar-refractivity contribution is 7.89. The van der Waals surface area contributed by atoms with Gasteiger partial charge in [0, 0.05) is 32.6 Å². The zero-order valence-corrected chi connectivity index (χ0v) is 18.1. The number of fused-ring (bicyclic) bond motifs is 1. The summed E-state index contributed by atoms with van der Waals surface area (Å²) >= 11 is 6.38. The van der Waals surface area contributed by atoms with Crippen LogP contribution in [0.3, 0.4) is 0 Å². The van der Waals surface area contributed by atoms with E-state index >= 15 is 0 Å². The monoisotopic (exact) mass is 467 g/mol. The molecule has 2 aliphatic heterocycles. The van der Waals surface area contributed by atoms with Crippen LogP contribution in [-0.2, 0) is 32.7 Å². The van der Waals surface area contributed by atoms with Crippen molar-refractivity contribution in [3.05, 3.63) is 35.4 Å². The summed E-state index contributed by atoms with van der Waals surface area (Å²) in [6.07, 6.45) is 2.65. The fraction of sp³-hybridized carbons (Fsp3) is 0.444. The number of nitrogens with one attached hydrogen (secondary N) is 1. The SMILES string of the molecule is NC[C@H](NS(=O)(=O)c1cccc(N2CCCC2=O)c1Cl)C(=O)N1CCn2cnnc2C1. The number of anilines is 1. The number of benzene rings is 1. The number of hydrogen-bond donors (Lipinski definition) is 2. The van der Waals surface area contributed by atoms with E-state index < -0.39 is 22.0 Å². The molecule has 3 N–H and O–H groups in total. The highest BCUT2D eigenvalue weighted by Gasteiger charge is 2.33. The van der Waals surface area contributed by atoms with Crippen LogP contribution < -0.4 is 15.4 Å². The quantitative estimate of drug-likeness (QED) is 0.593. The van der Waals surface area contributed by atoms with E-state index in [1.54, 1.807) is 12.4 Å². The predicted octanol–water partition coefficient (Wildman–Crippen LogP) is -0.294. The standard InChI is InChI=1S/C18H22ClN7O4S/c19-17-13(26-6-2-5-16(26)27)3-1-4-14(17)31(29,30)23-12(9-20)18(28)24-7-8-25-11-21-22-15(25)10-24/h1,3-4,11-12,23H,2,5-10,20H2/t12-/m0/s1. The summed E-state index contributed by atoms with van der Waals surface area (Å²) in [5.41, 5.74) is 6.06. The summed E-state index contributed by atoms with van der Waals surface area (Å²) in [7, 11) is -4.19. The van der Waals surface area contributed by atoms with Crippen LogP contribution in [0.5, 0.6) is 0 Å². The first-order valence-corrected chi connectivity index (χ1v) is 11.6. The maximum Gasteiger partial charge on any atom is 0.242 e. The first kappa shape index (κ1) is 21.7. The Labute approximate surface area is 184 Å². The smallest absolute Gasteiger partial charge is 0.242 e. The Morgan fingerprint density at radius 3 is 2.81 bits per heavy atom. The van der Waals surface area contributed by atoms with Gasteiger partial charge in [-0.05, 0) is 18.6 Å². The van der Waals surface area contributed by atoms with Gasteiger partial charge in [0.2, 0.25) is 21.8 Å². The number of nitrogens with two attached hydrogens (primary N) is 1. The van der Waals surface area contributed by atoms with Crippen LogP contribution in [0, 0.1) is 0 Å². The number of rotatable bonds is 6. The van der Waals surface area contributed by atoms with E-state index in [9.17, 15) is 18.0 Å². The number of carbonyl (C=O) groups excluding carboxylic acids is 2. The van der Waals surface area contributed by atoms with Crippen molar-refractivity contribution in [1.29, 1.82) is 0 Å². The van der Waals surface area contributed by atoms with Crippen LogP contribution in [0.2, 0.25) is 5.02 Å². The molecule has 2 aromatic rings. The maximum atomic E-state index is 13.1. The number of hydrogen-bond acceptors (Lipinski definition) is 7. The van der Waals surface area contributed by atoms with Gasteiger partial charge in [-0.25, -0.2) is 8.42 Å². The molecule has 0 radical (unpaired) electrons. The lowest BCUT2D eigenvalue weighted by molar-refractivity contribution is -0.134. The third-order valence-electron chi connectivity index (χ3n) is 5.38. The molecule has 11 nitrogen and oxygen atoms in total. The number of sulfonamides is 1. The maximum absolute atomic E-state index is 13.1. The topological polar surface area (TPSA) is 144 Å². The number of carbonyl (C=O) groups is 2. The van der Waals surface area contributed by atoms with Crippen molar-refractivity contribution < 1.29 is 18.0 Å². The second kappa shape index (κ2) is 8.54. The van der Waals surface area contributed by atoms with Crippen molar-refractivity contribution >= 4 is 39.1 Å². The van der Waals surface area contributed by atoms with Gasteiger partial charge in [0.05, 0.1) is 17.3 Å². The van der Waals surface area contributed by atoms with E-state index in [0.717, 1.165) is 0 Å². The second-order valence-corrected chi connectivity index (χ2v) is 9.41. The lowest BCUT2D eigenvalue weighted by Gasteiger charge is -2.30. The largest absolute Gasteiger partial charge is 0.332 e. The van der Waals surface area contributed by atoms with Crippen LogP contribution in [0.15, 0.2) is 29.4 Å². The predicted molar refractivity (Wildman–Crippen MR) is 112 cm³/mol. The van der Waals surface area contributed by atoms with Crippen LogP contribution >= 0.6 is 11.6 Å². The van der Waals surface area contributed by atoms with Gasteiger partial charge < -0.3 is 20.1 Å². The van der Waals surface area contributed by atoms with E-state index in [2.05, 4.69) is 14.9 Å². The van der Waals surface area contributed by atoms with Crippen molar-refractivity contribution in [3.8, 4) is 0 Å². The molecule has 0 bridgehead atoms. The van der Waals surface area contributed by atoms with E-state index in [1.807, 2.05) is 4.57 Å². The van der Waals surface area contributed by atoms with Crippen LogP contribution in [0.4, 0.5) is 5.69 Å². The first-order chi connectivity index (χ1) is 14.8. The van der Waals surface area contributed by atoms with Gasteiger partial charge in [0.15, 0.2) is 5.82 Å². The van der Waals surface area contributed by atoms with Crippen molar-refractivity contribution in [1.82, 2.24) is 24.4 Å². The van der Waals surface area contributed by atoms with Gasteiger partial charge in [0.25, 0.3) is 0 Å². The average molecular weight is 468 g/mol. The Bertz CT molecular complexity index is 1120. The lowest BCUT2D eigenvalue weighted by Crippen LogP contribution is -2.53. The lowest BCUT2D eigenvalue weighted by atomic mass is 10.2. The second-order valence-electron chi connectivity index (χ2n) is 7.35. The minimum atomic E-state index is -4.19. The highest BCUT2D eigenvalue weighted by Crippen LogP contribution is 2.34. The fourth-order valence-electron chi connectivity index (χ4n) is 3.74. The molecular weight excluding hydrogens is 446 g/mol. The van der Waals surface area contributed by atoms with Crippen LogP contribution in [-0.4, -0.2) is 65.6 Å². The average Bonchev–Trinajstić information content (AvgIpc) is 3.39. The summed E-state index contributed by atoms with van der Waals surface area (Å²) < 4.78 is 30.3. The molecule has 2 aliphatic rings. The summed E-state index contributed by atoms with van der Waals surface area (Å²) in [6.45, 7) is 1.35. The Balaban J connectivity index is 1.55. The fourth-order valence-corrected chi connectivity index (χ4v) is 5.57. The van der Waals surface area contributed by atoms with Gasteiger partial charge in [-0.1, -0.05) is 17.7 Å². The molecule has 0 saturated carbocycles. The number of aromatic nitrogens is 3. The van der Waals surface area contributed by atoms with E-state index in [-0.39, 0.29) is 28.9 Å². The van der Waals surface area contributed by atoms with E-state index in [4.69, 9.17) is 17.3 Å². The Kier molecular flexibility index (Phi) is 5.97. The van der Waals surface area contributed by atoms with Crippen LogP contribution in [0.1, 0.15) is 18.7 Å². The molecule has 0 unspecified atom stereocenters. The molecule has 166 valence electrons. The first-order valence-electron chi connectivity index (χ1n) is 9.78. The third kappa shape index (κ3) is 4.15. The molecule has 1 fully saturated rings. The van der Waals surface area contributed by atoms with E-state index in [1.165, 1.54) is 21.9 Å². The van der Waals surface area contributed by atoms with Crippen molar-refractivity contribution in [3.63, 3.8) is 0 Å². The molecule has 1 atom stereocenters. The minimum Gasteiger partial charge on any atom is -0.332 e. The molecule has 4 rings (SSSR count). The molecule has 1 aromatic carbocycles. The van der Waals surface area contributed by atoms with Crippen molar-refractivity contribution in [2.45, 2.75) is 36.9 Å². The molecule has 1 aromatic heterocycles. The molecule has 31 heavy (non-hydrogen) atoms. The number of nitrogens with zero attached hydrogens (tertiary/aromatic N) is 5. The molecule has 0 spiro atoms. The normalized spacial score (nSPS) is 17.7. The zero-order chi connectivity index (χ0) is 22.2. The van der Waals surface area contributed by atoms with Gasteiger partial charge >= 0.3 is 0 Å². The van der Waals surface area contributed by atoms with Gasteiger partial charge in [-0.3, -0.25) is 9.59 Å². The molecule has 3 heterocycles. The Hall–Kier alpha value is -2.54. The summed E-state index contributed by atoms with van der Waals surface area (Å²) in [4.78, 5) is 27.8. The van der Waals surface area contributed by atoms with Crippen molar-refractivity contribution in [2.24, 2.45) is 5.73 Å². The highest BCUT2D eigenvalue weighted by atomic mass is 35.5. The molecule has 13 heteroatoms. The van der Waals surface area contributed by atoms with Gasteiger partial charge in [0.1, 0.15) is 17.3 Å². The third-order valence-corrected chi connectivity index (χ3v) is 7.40. The summed E-state index contributed by atoms with van der Waals surface area (Å²) in [5.74, 6) is 0.0453. The number of halogens is 1. The molecular formula is C18H22ClN7O4S. The molecule has 1 saturated heterocycles. The Morgan fingerprint density at radius 2 is 2.10 bits per heavy atom. The zero-order valence-electron chi connectivity index (χ0n) is 16.6. The van der Waals surface area contributed by atoms with Gasteiger partial charge in [-0.2, -0.15) is 4.72 Å². The summed E-state index contributed by atoms with van der Waals surface area (Å²) in [5, 5.41) is 7.71.